The van der Waals surface area contributed by atoms with Crippen molar-refractivity contribution >= 4 is 22.9 Å². The standard InChI is InChI=1S/C20H26N7/c1-14(2)27-13-23-17-18(22-12-15-6-4-3-5-7-15)24-20(25-19(17)27)26-10-8-16(21)9-11-26/h4-7,13-14,16H,8-12,21H2,1-2H3,(H,22,24,25). The zero-order valence-corrected chi connectivity index (χ0v) is 15.9. The number of aromatic nitrogens is 4. The van der Waals surface area contributed by atoms with Gasteiger partial charge in [0.15, 0.2) is 17.0 Å². The van der Waals surface area contributed by atoms with Gasteiger partial charge in [-0.3, -0.25) is 0 Å². The van der Waals surface area contributed by atoms with Crippen LogP contribution in [0.25, 0.3) is 11.2 Å². The van der Waals surface area contributed by atoms with Crippen LogP contribution in [-0.4, -0.2) is 38.7 Å². The van der Waals surface area contributed by atoms with Crippen molar-refractivity contribution in [3.05, 3.63) is 42.2 Å². The monoisotopic (exact) mass is 364 g/mol. The predicted octanol–water partition coefficient (Wildman–Crippen LogP) is 2.75. The van der Waals surface area contributed by atoms with Gasteiger partial charge in [0.1, 0.15) is 0 Å². The van der Waals surface area contributed by atoms with E-state index in [1.54, 1.807) is 0 Å². The molecule has 1 fully saturated rings. The number of nitrogens with two attached hydrogens (primary N) is 1. The Hall–Kier alpha value is -2.67. The van der Waals surface area contributed by atoms with Crippen LogP contribution in [0.1, 0.15) is 38.3 Å². The lowest BCUT2D eigenvalue weighted by molar-refractivity contribution is 0.495. The quantitative estimate of drug-likeness (QED) is 0.724. The number of nitrogens with zero attached hydrogens (tertiary/aromatic N) is 5. The second-order valence-electron chi connectivity index (χ2n) is 7.38. The summed E-state index contributed by atoms with van der Waals surface area (Å²) in [5, 5.41) is 3.45. The summed E-state index contributed by atoms with van der Waals surface area (Å²) in [4.78, 5) is 16.5. The number of imidazole rings is 1. The van der Waals surface area contributed by atoms with Gasteiger partial charge in [-0.25, -0.2) is 4.98 Å². The number of anilines is 2. The zero-order chi connectivity index (χ0) is 18.8. The predicted molar refractivity (Wildman–Crippen MR) is 108 cm³/mol. The summed E-state index contributed by atoms with van der Waals surface area (Å²) < 4.78 is 2.10. The van der Waals surface area contributed by atoms with Gasteiger partial charge in [0.05, 0.1) is 6.33 Å². The molecule has 0 atom stereocenters. The molecule has 27 heavy (non-hydrogen) atoms. The minimum atomic E-state index is 0.277. The van der Waals surface area contributed by atoms with Crippen molar-refractivity contribution in [1.29, 1.82) is 0 Å². The van der Waals surface area contributed by atoms with Crippen molar-refractivity contribution in [1.82, 2.24) is 19.5 Å². The van der Waals surface area contributed by atoms with E-state index >= 15 is 0 Å². The smallest absolute Gasteiger partial charge is 0.229 e. The largest absolute Gasteiger partial charge is 0.364 e. The van der Waals surface area contributed by atoms with Crippen LogP contribution in [0.3, 0.4) is 0 Å². The molecule has 7 nitrogen and oxygen atoms in total. The van der Waals surface area contributed by atoms with Crippen molar-refractivity contribution in [3.8, 4) is 0 Å². The van der Waals surface area contributed by atoms with Gasteiger partial charge in [-0.15, -0.1) is 0 Å². The van der Waals surface area contributed by atoms with Crippen molar-refractivity contribution in [2.45, 2.75) is 45.3 Å². The van der Waals surface area contributed by atoms with Crippen LogP contribution in [0.15, 0.2) is 30.6 Å². The Kier molecular flexibility index (Phi) is 4.94. The molecule has 0 aliphatic carbocycles. The molecule has 0 spiro atoms. The molecule has 0 saturated carbocycles. The molecular formula is C20H26N7. The second kappa shape index (κ2) is 7.52. The van der Waals surface area contributed by atoms with E-state index in [1.165, 1.54) is 5.56 Å². The number of nitrogens with one attached hydrogen (secondary N) is 1. The first-order valence-corrected chi connectivity index (χ1v) is 9.56. The van der Waals surface area contributed by atoms with Crippen molar-refractivity contribution in [2.75, 3.05) is 23.3 Å². The van der Waals surface area contributed by atoms with Gasteiger partial charge in [0.25, 0.3) is 0 Å². The highest BCUT2D eigenvalue weighted by molar-refractivity contribution is 5.84. The number of benzene rings is 1. The van der Waals surface area contributed by atoms with E-state index in [-0.39, 0.29) is 12.1 Å². The van der Waals surface area contributed by atoms with E-state index in [2.05, 4.69) is 39.7 Å². The van der Waals surface area contributed by atoms with Gasteiger partial charge >= 0.3 is 0 Å². The van der Waals surface area contributed by atoms with Crippen molar-refractivity contribution < 1.29 is 0 Å². The summed E-state index contributed by atoms with van der Waals surface area (Å²) in [5.41, 5.74) is 8.91. The zero-order valence-electron chi connectivity index (χ0n) is 15.9. The van der Waals surface area contributed by atoms with E-state index in [9.17, 15) is 0 Å². The Balaban J connectivity index is 1.69. The maximum Gasteiger partial charge on any atom is 0.229 e. The molecule has 1 radical (unpaired) electrons. The van der Waals surface area contributed by atoms with Crippen molar-refractivity contribution in [3.63, 3.8) is 0 Å². The molecule has 1 saturated heterocycles. The van der Waals surface area contributed by atoms with Gasteiger partial charge in [-0.1, -0.05) is 24.3 Å². The summed E-state index contributed by atoms with van der Waals surface area (Å²) in [6.45, 7) is 6.72. The molecule has 4 rings (SSSR count). The summed E-state index contributed by atoms with van der Waals surface area (Å²) >= 11 is 0. The fourth-order valence-corrected chi connectivity index (χ4v) is 3.37. The molecule has 0 amide bonds. The first-order chi connectivity index (χ1) is 13.1. The van der Waals surface area contributed by atoms with Gasteiger partial charge < -0.3 is 20.5 Å². The lowest BCUT2D eigenvalue weighted by Gasteiger charge is -2.30. The summed E-state index contributed by atoms with van der Waals surface area (Å²) in [5.74, 6) is 1.53. The van der Waals surface area contributed by atoms with Crippen molar-refractivity contribution in [2.24, 2.45) is 5.73 Å². The van der Waals surface area contributed by atoms with Crippen LogP contribution in [0.4, 0.5) is 11.8 Å². The van der Waals surface area contributed by atoms with Crippen LogP contribution in [0.5, 0.6) is 0 Å². The van der Waals surface area contributed by atoms with E-state index in [4.69, 9.17) is 15.7 Å². The lowest BCUT2D eigenvalue weighted by atomic mass is 10.1. The first kappa shape index (κ1) is 17.7. The van der Waals surface area contributed by atoms with Crippen LogP contribution < -0.4 is 16.0 Å². The Bertz CT molecular complexity index is 895. The number of hydrogen-bond acceptors (Lipinski definition) is 6. The van der Waals surface area contributed by atoms with E-state index in [0.29, 0.717) is 6.54 Å². The highest BCUT2D eigenvalue weighted by Gasteiger charge is 2.22. The second-order valence-corrected chi connectivity index (χ2v) is 7.38. The summed E-state index contributed by atoms with van der Waals surface area (Å²) in [6, 6.07) is 11.5. The van der Waals surface area contributed by atoms with Gasteiger partial charge in [0.2, 0.25) is 5.95 Å². The van der Waals surface area contributed by atoms with E-state index < -0.39 is 0 Å². The van der Waals surface area contributed by atoms with Gasteiger partial charge in [-0.05, 0) is 38.3 Å². The number of hydrogen-bond donors (Lipinski definition) is 2. The van der Waals surface area contributed by atoms with Gasteiger partial charge in [0, 0.05) is 31.7 Å². The Morgan fingerprint density at radius 3 is 2.67 bits per heavy atom. The molecule has 3 heterocycles. The fourth-order valence-electron chi connectivity index (χ4n) is 3.37. The molecule has 0 bridgehead atoms. The Morgan fingerprint density at radius 1 is 1.22 bits per heavy atom. The summed E-state index contributed by atoms with van der Waals surface area (Å²) in [7, 11) is 0. The lowest BCUT2D eigenvalue weighted by Crippen LogP contribution is -2.40. The molecule has 141 valence electrons. The van der Waals surface area contributed by atoms with Crippen LogP contribution >= 0.6 is 0 Å². The van der Waals surface area contributed by atoms with Crippen LogP contribution in [0.2, 0.25) is 0 Å². The molecule has 0 unspecified atom stereocenters. The summed E-state index contributed by atoms with van der Waals surface area (Å²) in [6.07, 6.45) is 3.78. The minimum absolute atomic E-state index is 0.277. The number of rotatable bonds is 5. The van der Waals surface area contributed by atoms with E-state index in [1.807, 2.05) is 30.6 Å². The first-order valence-electron chi connectivity index (χ1n) is 9.56. The third-order valence-corrected chi connectivity index (χ3v) is 5.04. The molecule has 1 aliphatic heterocycles. The molecule has 2 aromatic heterocycles. The van der Waals surface area contributed by atoms with Gasteiger partial charge in [-0.2, -0.15) is 9.97 Å². The highest BCUT2D eigenvalue weighted by atomic mass is 15.3. The normalized spacial score (nSPS) is 15.6. The minimum Gasteiger partial charge on any atom is -0.364 e. The molecular weight excluding hydrogens is 338 g/mol. The Labute approximate surface area is 159 Å². The maximum atomic E-state index is 6.06. The fraction of sp³-hybridized carbons (Fsp3) is 0.450. The molecule has 1 aromatic carbocycles. The molecule has 7 heteroatoms. The molecule has 3 aromatic rings. The third kappa shape index (κ3) is 3.73. The topological polar surface area (TPSA) is 84.9 Å². The van der Waals surface area contributed by atoms with Crippen LogP contribution in [-0.2, 0) is 6.54 Å². The Morgan fingerprint density at radius 2 is 1.96 bits per heavy atom. The average molecular weight is 364 g/mol. The van der Waals surface area contributed by atoms with E-state index in [0.717, 1.165) is 48.9 Å². The number of fused-ring (bicyclic) bond motifs is 1. The maximum absolute atomic E-state index is 6.06. The highest BCUT2D eigenvalue weighted by Crippen LogP contribution is 2.26. The molecule has 3 N–H and O–H groups in total. The SMILES string of the molecule is CC(C)n1cnc2c(NCc3cc[c]cc3)nc(N3CCC(N)CC3)nc21. The third-order valence-electron chi connectivity index (χ3n) is 5.04. The van der Waals surface area contributed by atoms with Crippen LogP contribution in [0, 0.1) is 6.07 Å². The number of piperidine rings is 1. The molecule has 1 aliphatic rings. The average Bonchev–Trinajstić information content (AvgIpc) is 3.12.